The van der Waals surface area contributed by atoms with E-state index in [1.165, 1.54) is 31.6 Å². The molecule has 0 amide bonds. The number of piperidine rings is 1. The summed E-state index contributed by atoms with van der Waals surface area (Å²) < 4.78 is 0. The second kappa shape index (κ2) is 8.03. The SMILES string of the molecule is Br.CN(C)CCN1CC[C@H]2c3ccccc3[C@H](c3ccccc3)[C@H]2C1. The van der Waals surface area contributed by atoms with Gasteiger partial charge in [0.1, 0.15) is 0 Å². The van der Waals surface area contributed by atoms with E-state index in [1.54, 1.807) is 11.1 Å². The Hall–Kier alpha value is -1.16. The highest BCUT2D eigenvalue weighted by atomic mass is 79.9. The molecule has 0 N–H and O–H groups in total. The van der Waals surface area contributed by atoms with Crippen LogP contribution in [0.2, 0.25) is 0 Å². The van der Waals surface area contributed by atoms with Crippen LogP contribution in [0.5, 0.6) is 0 Å². The van der Waals surface area contributed by atoms with Crippen LogP contribution >= 0.6 is 17.0 Å². The molecule has 0 spiro atoms. The van der Waals surface area contributed by atoms with Crippen LogP contribution in [0, 0.1) is 5.92 Å². The Morgan fingerprint density at radius 2 is 1.64 bits per heavy atom. The third-order valence-corrected chi connectivity index (χ3v) is 5.92. The molecule has 0 unspecified atom stereocenters. The van der Waals surface area contributed by atoms with E-state index in [0.717, 1.165) is 18.4 Å². The largest absolute Gasteiger partial charge is 0.308 e. The zero-order valence-electron chi connectivity index (χ0n) is 15.3. The van der Waals surface area contributed by atoms with Gasteiger partial charge in [0, 0.05) is 25.6 Å². The van der Waals surface area contributed by atoms with Crippen LogP contribution < -0.4 is 0 Å². The Bertz CT molecular complexity index is 685. The van der Waals surface area contributed by atoms with Gasteiger partial charge in [0.2, 0.25) is 0 Å². The van der Waals surface area contributed by atoms with Crippen molar-refractivity contribution in [3.05, 3.63) is 71.3 Å². The molecule has 0 aromatic heterocycles. The van der Waals surface area contributed by atoms with E-state index < -0.39 is 0 Å². The second-order valence-corrected chi connectivity index (χ2v) is 7.68. The van der Waals surface area contributed by atoms with Gasteiger partial charge in [-0.25, -0.2) is 0 Å². The molecule has 1 heterocycles. The number of hydrogen-bond donors (Lipinski definition) is 0. The van der Waals surface area contributed by atoms with Crippen LogP contribution in [-0.2, 0) is 0 Å². The summed E-state index contributed by atoms with van der Waals surface area (Å²) >= 11 is 0. The standard InChI is InChI=1S/C22H28N2.BrH/c1-23(2)14-15-24-13-12-19-18-10-6-7-11-20(18)22(21(19)16-24)17-8-4-3-5-9-17;/h3-11,19,21-22H,12-16H2,1-2H3;1H/t19-,21-,22-;/m0./s1. The number of nitrogens with zero attached hydrogens (tertiary/aromatic N) is 2. The smallest absolute Gasteiger partial charge is 0.0138 e. The lowest BCUT2D eigenvalue weighted by atomic mass is 9.79. The van der Waals surface area contributed by atoms with Crippen molar-refractivity contribution in [2.45, 2.75) is 18.3 Å². The lowest BCUT2D eigenvalue weighted by Crippen LogP contribution is -2.42. The minimum Gasteiger partial charge on any atom is -0.308 e. The van der Waals surface area contributed by atoms with Crippen LogP contribution in [0.1, 0.15) is 34.9 Å². The molecule has 2 aromatic rings. The molecule has 25 heavy (non-hydrogen) atoms. The normalized spacial score (nSPS) is 25.3. The molecule has 2 aliphatic rings. The van der Waals surface area contributed by atoms with Crippen molar-refractivity contribution in [2.24, 2.45) is 5.92 Å². The Morgan fingerprint density at radius 3 is 2.36 bits per heavy atom. The summed E-state index contributed by atoms with van der Waals surface area (Å²) in [6, 6.07) is 20.4. The zero-order valence-corrected chi connectivity index (χ0v) is 17.0. The maximum atomic E-state index is 2.68. The van der Waals surface area contributed by atoms with E-state index in [2.05, 4.69) is 78.5 Å². The van der Waals surface area contributed by atoms with Gasteiger partial charge in [0.25, 0.3) is 0 Å². The number of benzene rings is 2. The van der Waals surface area contributed by atoms with Crippen LogP contribution in [0.3, 0.4) is 0 Å². The van der Waals surface area contributed by atoms with Crippen molar-refractivity contribution >= 4 is 17.0 Å². The molecular formula is C22H29BrN2. The predicted octanol–water partition coefficient (Wildman–Crippen LogP) is 4.38. The van der Waals surface area contributed by atoms with Crippen molar-refractivity contribution < 1.29 is 0 Å². The third kappa shape index (κ3) is 3.69. The maximum Gasteiger partial charge on any atom is 0.0138 e. The molecule has 1 saturated heterocycles. The van der Waals surface area contributed by atoms with E-state index in [4.69, 9.17) is 0 Å². The van der Waals surface area contributed by atoms with Gasteiger partial charge < -0.3 is 9.80 Å². The molecule has 0 bridgehead atoms. The summed E-state index contributed by atoms with van der Waals surface area (Å²) in [4.78, 5) is 4.98. The van der Waals surface area contributed by atoms with Crippen molar-refractivity contribution in [2.75, 3.05) is 40.3 Å². The van der Waals surface area contributed by atoms with Crippen LogP contribution in [0.4, 0.5) is 0 Å². The summed E-state index contributed by atoms with van der Waals surface area (Å²) in [5.41, 5.74) is 4.68. The van der Waals surface area contributed by atoms with Gasteiger partial charge in [-0.1, -0.05) is 54.6 Å². The number of hydrogen-bond acceptors (Lipinski definition) is 2. The first-order valence-corrected chi connectivity index (χ1v) is 9.25. The average molecular weight is 401 g/mol. The minimum absolute atomic E-state index is 0. The summed E-state index contributed by atoms with van der Waals surface area (Å²) in [6.45, 7) is 4.81. The summed E-state index contributed by atoms with van der Waals surface area (Å²) in [5, 5.41) is 0. The van der Waals surface area contributed by atoms with Crippen LogP contribution in [0.15, 0.2) is 54.6 Å². The third-order valence-electron chi connectivity index (χ3n) is 5.92. The van der Waals surface area contributed by atoms with Gasteiger partial charge in [0.05, 0.1) is 0 Å². The summed E-state index contributed by atoms with van der Waals surface area (Å²) in [6.07, 6.45) is 1.30. The van der Waals surface area contributed by atoms with Gasteiger partial charge in [0.15, 0.2) is 0 Å². The summed E-state index contributed by atoms with van der Waals surface area (Å²) in [7, 11) is 4.34. The quantitative estimate of drug-likeness (QED) is 0.751. The van der Waals surface area contributed by atoms with Gasteiger partial charge >= 0.3 is 0 Å². The van der Waals surface area contributed by atoms with Crippen molar-refractivity contribution in [3.63, 3.8) is 0 Å². The summed E-state index contributed by atoms with van der Waals surface area (Å²) in [5.74, 6) is 2.03. The fourth-order valence-corrected chi connectivity index (χ4v) is 4.77. The van der Waals surface area contributed by atoms with Gasteiger partial charge in [-0.3, -0.25) is 0 Å². The maximum absolute atomic E-state index is 2.68. The minimum atomic E-state index is 0. The van der Waals surface area contributed by atoms with Gasteiger partial charge in [-0.2, -0.15) is 0 Å². The van der Waals surface area contributed by atoms with Gasteiger partial charge in [-0.15, -0.1) is 17.0 Å². The fourth-order valence-electron chi connectivity index (χ4n) is 4.77. The first-order chi connectivity index (χ1) is 11.7. The molecule has 134 valence electrons. The van der Waals surface area contributed by atoms with E-state index in [-0.39, 0.29) is 17.0 Å². The molecule has 4 rings (SSSR count). The molecule has 3 atom stereocenters. The molecule has 2 nitrogen and oxygen atoms in total. The Kier molecular flexibility index (Phi) is 5.98. The molecule has 2 aromatic carbocycles. The first kappa shape index (κ1) is 18.6. The Labute approximate surface area is 162 Å². The highest BCUT2D eigenvalue weighted by molar-refractivity contribution is 8.93. The van der Waals surface area contributed by atoms with Gasteiger partial charge in [-0.05, 0) is 55.6 Å². The topological polar surface area (TPSA) is 6.48 Å². The molecular weight excluding hydrogens is 372 g/mol. The fraction of sp³-hybridized carbons (Fsp3) is 0.455. The molecule has 0 radical (unpaired) electrons. The van der Waals surface area contributed by atoms with Crippen molar-refractivity contribution in [1.82, 2.24) is 9.80 Å². The number of fused-ring (bicyclic) bond motifs is 3. The van der Waals surface area contributed by atoms with Crippen LogP contribution in [0.25, 0.3) is 0 Å². The van der Waals surface area contributed by atoms with Crippen molar-refractivity contribution in [3.8, 4) is 0 Å². The zero-order chi connectivity index (χ0) is 16.5. The second-order valence-electron chi connectivity index (χ2n) is 7.68. The highest BCUT2D eigenvalue weighted by Gasteiger charge is 2.43. The van der Waals surface area contributed by atoms with E-state index in [9.17, 15) is 0 Å². The lowest BCUT2D eigenvalue weighted by molar-refractivity contribution is 0.143. The van der Waals surface area contributed by atoms with E-state index in [1.807, 2.05) is 0 Å². The molecule has 1 fully saturated rings. The average Bonchev–Trinajstić information content (AvgIpc) is 2.94. The van der Waals surface area contributed by atoms with E-state index >= 15 is 0 Å². The number of likely N-dealkylation sites (N-methyl/N-ethyl adjacent to an activating group) is 1. The molecule has 1 aliphatic carbocycles. The molecule has 3 heteroatoms. The monoisotopic (exact) mass is 400 g/mol. The molecule has 1 aliphatic heterocycles. The van der Waals surface area contributed by atoms with E-state index in [0.29, 0.717) is 5.92 Å². The Balaban J connectivity index is 0.00000182. The lowest BCUT2D eigenvalue weighted by Gasteiger charge is -2.38. The first-order valence-electron chi connectivity index (χ1n) is 9.25. The number of likely N-dealkylation sites (tertiary alicyclic amines) is 1. The molecule has 0 saturated carbocycles. The highest BCUT2D eigenvalue weighted by Crippen LogP contribution is 2.52. The predicted molar refractivity (Wildman–Crippen MR) is 111 cm³/mol. The number of halogens is 1. The Morgan fingerprint density at radius 1 is 0.960 bits per heavy atom. The van der Waals surface area contributed by atoms with Crippen LogP contribution in [-0.4, -0.2) is 50.1 Å². The van der Waals surface area contributed by atoms with Crippen molar-refractivity contribution in [1.29, 1.82) is 0 Å². The number of rotatable bonds is 4.